The minimum absolute atomic E-state index is 0. The Morgan fingerprint density at radius 3 is 1.60 bits per heavy atom. The first-order valence-corrected chi connectivity index (χ1v) is 3.20. The Morgan fingerprint density at radius 1 is 1.30 bits per heavy atom. The van der Waals surface area contributed by atoms with Crippen LogP contribution in [0.15, 0.2) is 0 Å². The van der Waals surface area contributed by atoms with Gasteiger partial charge in [0, 0.05) is 0 Å². The van der Waals surface area contributed by atoms with Crippen LogP contribution in [0.5, 0.6) is 0 Å². The van der Waals surface area contributed by atoms with Crippen LogP contribution in [0.1, 0.15) is 0 Å². The number of carboxylic acids is 1. The van der Waals surface area contributed by atoms with Gasteiger partial charge in [-0.2, -0.15) is 8.42 Å². The van der Waals surface area contributed by atoms with Crippen LogP contribution in [0.3, 0.4) is 0 Å². The van der Waals surface area contributed by atoms with Gasteiger partial charge in [-0.3, -0.25) is 9.35 Å². The minimum atomic E-state index is -4.32. The Labute approximate surface area is 56.7 Å². The lowest BCUT2D eigenvalue weighted by atomic mass is 10.8. The van der Waals surface area contributed by atoms with E-state index in [9.17, 15) is 13.2 Å². The van der Waals surface area contributed by atoms with E-state index in [0.29, 0.717) is 0 Å². The summed E-state index contributed by atoms with van der Waals surface area (Å²) in [4.78, 5) is 9.48. The van der Waals surface area contributed by atoms with E-state index in [4.69, 9.17) is 9.66 Å². The number of carbonyl (C=O) groups is 1. The second kappa shape index (κ2) is 5.11. The molecule has 0 bridgehead atoms. The molecule has 0 saturated carbocycles. The summed E-state index contributed by atoms with van der Waals surface area (Å²) in [6.45, 7) is 0. The van der Waals surface area contributed by atoms with Crippen LogP contribution in [0.25, 0.3) is 0 Å². The van der Waals surface area contributed by atoms with E-state index in [2.05, 4.69) is 0 Å². The van der Waals surface area contributed by atoms with Crippen molar-refractivity contribution in [1.82, 2.24) is 0 Å². The standard InChI is InChI=1S/C2H4O5S.2H2O/c3-2(4)1-8(5,6)7;;/h1H2,(H,3,4)(H,5,6,7);2*1H2. The molecule has 8 heteroatoms. The highest BCUT2D eigenvalue weighted by molar-refractivity contribution is 7.86. The van der Waals surface area contributed by atoms with Crippen LogP contribution in [0, 0.1) is 0 Å². The van der Waals surface area contributed by atoms with E-state index in [1.165, 1.54) is 0 Å². The van der Waals surface area contributed by atoms with Gasteiger partial charge in [-0.1, -0.05) is 0 Å². The van der Waals surface area contributed by atoms with Crippen LogP contribution in [0.2, 0.25) is 0 Å². The summed E-state index contributed by atoms with van der Waals surface area (Å²) >= 11 is 0. The molecule has 7 nitrogen and oxygen atoms in total. The normalized spacial score (nSPS) is 8.90. The third kappa shape index (κ3) is 15.7. The van der Waals surface area contributed by atoms with Crippen molar-refractivity contribution < 1.29 is 33.8 Å². The molecule has 0 aromatic rings. The van der Waals surface area contributed by atoms with Crippen molar-refractivity contribution in [3.8, 4) is 0 Å². The number of hydrogen-bond donors (Lipinski definition) is 2. The minimum Gasteiger partial charge on any atom is -0.480 e. The first kappa shape index (κ1) is 16.1. The van der Waals surface area contributed by atoms with Crippen LogP contribution in [-0.4, -0.2) is 40.8 Å². The molecular weight excluding hydrogens is 168 g/mol. The molecule has 0 aliphatic rings. The van der Waals surface area contributed by atoms with Crippen LogP contribution in [0.4, 0.5) is 0 Å². The summed E-state index contributed by atoms with van der Waals surface area (Å²) in [6.07, 6.45) is 0. The molecule has 0 unspecified atom stereocenters. The van der Waals surface area contributed by atoms with Gasteiger partial charge in [-0.15, -0.1) is 0 Å². The second-order valence-corrected chi connectivity index (χ2v) is 2.57. The Morgan fingerprint density at radius 2 is 1.60 bits per heavy atom. The Bertz CT molecular complexity index is 178. The predicted octanol–water partition coefficient (Wildman–Crippen LogP) is -2.69. The summed E-state index contributed by atoms with van der Waals surface area (Å²) in [5.74, 6) is -2.79. The van der Waals surface area contributed by atoms with Gasteiger partial charge >= 0.3 is 5.97 Å². The SMILES string of the molecule is O.O.O=C(O)CS(=O)(=O)O. The smallest absolute Gasteiger partial charge is 0.321 e. The monoisotopic (exact) mass is 176 g/mol. The average Bonchev–Trinajstić information content (AvgIpc) is 1.21. The number of rotatable bonds is 2. The quantitative estimate of drug-likeness (QED) is 0.438. The van der Waals surface area contributed by atoms with Crippen molar-refractivity contribution in [2.45, 2.75) is 0 Å². The first-order valence-electron chi connectivity index (χ1n) is 1.59. The third-order valence-electron chi connectivity index (χ3n) is 0.306. The molecule has 0 aromatic heterocycles. The molecule has 0 atom stereocenters. The summed E-state index contributed by atoms with van der Waals surface area (Å²) in [6, 6.07) is 0. The van der Waals surface area contributed by atoms with Gasteiger partial charge in [0.25, 0.3) is 10.1 Å². The molecule has 0 aliphatic carbocycles. The fourth-order valence-corrected chi connectivity index (χ4v) is 0.468. The van der Waals surface area contributed by atoms with Crippen molar-refractivity contribution >= 4 is 16.1 Å². The van der Waals surface area contributed by atoms with Gasteiger partial charge in [0.15, 0.2) is 5.75 Å². The van der Waals surface area contributed by atoms with Crippen LogP contribution in [-0.2, 0) is 14.9 Å². The lowest BCUT2D eigenvalue weighted by molar-refractivity contribution is -0.134. The van der Waals surface area contributed by atoms with E-state index in [1.54, 1.807) is 0 Å². The number of aliphatic carboxylic acids is 1. The van der Waals surface area contributed by atoms with Gasteiger partial charge in [-0.05, 0) is 0 Å². The topological polar surface area (TPSA) is 155 Å². The Balaban J connectivity index is -0.000000245. The predicted molar refractivity (Wildman–Crippen MR) is 31.3 cm³/mol. The van der Waals surface area contributed by atoms with Gasteiger partial charge in [0.05, 0.1) is 0 Å². The molecule has 6 N–H and O–H groups in total. The molecule has 0 aliphatic heterocycles. The summed E-state index contributed by atoms with van der Waals surface area (Å²) in [5.41, 5.74) is 0. The maximum absolute atomic E-state index is 9.62. The van der Waals surface area contributed by atoms with Crippen LogP contribution < -0.4 is 0 Å². The van der Waals surface area contributed by atoms with Gasteiger partial charge in [0.2, 0.25) is 0 Å². The second-order valence-electron chi connectivity index (χ2n) is 1.12. The van der Waals surface area contributed by atoms with Crippen molar-refractivity contribution in [2.75, 3.05) is 5.75 Å². The fraction of sp³-hybridized carbons (Fsp3) is 0.500. The molecule has 0 radical (unpaired) electrons. The van der Waals surface area contributed by atoms with Gasteiger partial charge < -0.3 is 16.1 Å². The molecule has 0 aromatic carbocycles. The molecule has 0 fully saturated rings. The number of carboxylic acid groups (broad SMARTS) is 1. The van der Waals surface area contributed by atoms with Gasteiger partial charge in [-0.25, -0.2) is 0 Å². The zero-order valence-electron chi connectivity index (χ0n) is 4.73. The molecule has 10 heavy (non-hydrogen) atoms. The fourth-order valence-electron chi connectivity index (χ4n) is 0.156. The maximum atomic E-state index is 9.62. The van der Waals surface area contributed by atoms with Crippen molar-refractivity contribution in [3.05, 3.63) is 0 Å². The molecule has 0 heterocycles. The molecule has 0 rings (SSSR count). The van der Waals surface area contributed by atoms with Crippen molar-refractivity contribution in [1.29, 1.82) is 0 Å². The lowest BCUT2D eigenvalue weighted by Gasteiger charge is -1.85. The third-order valence-corrected chi connectivity index (χ3v) is 0.918. The number of hydrogen-bond acceptors (Lipinski definition) is 3. The van der Waals surface area contributed by atoms with Crippen LogP contribution >= 0.6 is 0 Å². The highest BCUT2D eigenvalue weighted by atomic mass is 32.2. The highest BCUT2D eigenvalue weighted by Crippen LogP contribution is 1.78. The Kier molecular flexibility index (Phi) is 8.25. The highest BCUT2D eigenvalue weighted by Gasteiger charge is 2.09. The van der Waals surface area contributed by atoms with E-state index < -0.39 is 21.8 Å². The molecular formula is C2H8O7S. The Hall–Kier alpha value is -0.700. The van der Waals surface area contributed by atoms with E-state index in [0.717, 1.165) is 0 Å². The maximum Gasteiger partial charge on any atom is 0.321 e. The van der Waals surface area contributed by atoms with Gasteiger partial charge in [0.1, 0.15) is 0 Å². The average molecular weight is 176 g/mol. The first-order chi connectivity index (χ1) is 3.42. The molecule has 0 saturated heterocycles. The van der Waals surface area contributed by atoms with E-state index >= 15 is 0 Å². The summed E-state index contributed by atoms with van der Waals surface area (Å²) in [5, 5.41) is 7.71. The largest absolute Gasteiger partial charge is 0.480 e. The van der Waals surface area contributed by atoms with E-state index in [-0.39, 0.29) is 11.0 Å². The van der Waals surface area contributed by atoms with Crippen molar-refractivity contribution in [2.24, 2.45) is 0 Å². The summed E-state index contributed by atoms with van der Waals surface area (Å²) in [7, 11) is -4.32. The zero-order valence-corrected chi connectivity index (χ0v) is 5.55. The summed E-state index contributed by atoms with van der Waals surface area (Å²) < 4.78 is 27.0. The zero-order chi connectivity index (χ0) is 6.78. The lowest BCUT2D eigenvalue weighted by Crippen LogP contribution is -2.13. The molecule has 64 valence electrons. The van der Waals surface area contributed by atoms with E-state index in [1.807, 2.05) is 0 Å². The molecule has 0 spiro atoms. The van der Waals surface area contributed by atoms with Crippen molar-refractivity contribution in [3.63, 3.8) is 0 Å². The molecule has 0 amide bonds.